The second kappa shape index (κ2) is 9.81. The molecule has 0 spiro atoms. The van der Waals surface area contributed by atoms with Crippen molar-refractivity contribution in [2.45, 2.75) is 4.90 Å². The number of hydrazine groups is 1. The van der Waals surface area contributed by atoms with Gasteiger partial charge in [0.15, 0.2) is 0 Å². The maximum absolute atomic E-state index is 12.5. The molecule has 0 bridgehead atoms. The average Bonchev–Trinajstić information content (AvgIpc) is 3.01. The summed E-state index contributed by atoms with van der Waals surface area (Å²) in [6.07, 6.45) is 5.20. The molecule has 1 aliphatic rings. The van der Waals surface area contributed by atoms with Crippen LogP contribution >= 0.6 is 24.0 Å². The molecule has 0 aromatic heterocycles. The van der Waals surface area contributed by atoms with E-state index in [9.17, 15) is 18.0 Å². The van der Waals surface area contributed by atoms with Crippen molar-refractivity contribution in [1.29, 1.82) is 0 Å². The van der Waals surface area contributed by atoms with Crippen LogP contribution in [0.5, 0.6) is 0 Å². The molecule has 1 aliphatic heterocycles. The Morgan fingerprint density at radius 1 is 1.07 bits per heavy atom. The van der Waals surface area contributed by atoms with Gasteiger partial charge in [0.05, 0.1) is 9.80 Å². The fourth-order valence-electron chi connectivity index (χ4n) is 2.43. The van der Waals surface area contributed by atoms with Crippen LogP contribution in [0.25, 0.3) is 6.08 Å². The minimum atomic E-state index is -3.91. The van der Waals surface area contributed by atoms with Gasteiger partial charge in [-0.25, -0.2) is 8.42 Å². The Morgan fingerprint density at radius 3 is 2.37 bits per heavy atom. The number of carbonyl (C=O) groups is 2. The third-order valence-corrected chi connectivity index (χ3v) is 6.55. The van der Waals surface area contributed by atoms with E-state index in [1.54, 1.807) is 30.4 Å². The molecular formula is C20H17N3O4S3. The van der Waals surface area contributed by atoms with Crippen molar-refractivity contribution in [1.82, 2.24) is 15.2 Å². The number of nitrogens with zero attached hydrogens (tertiary/aromatic N) is 1. The molecule has 2 aromatic rings. The number of amides is 2. The highest BCUT2D eigenvalue weighted by Gasteiger charge is 2.33. The first kappa shape index (κ1) is 21.9. The lowest BCUT2D eigenvalue weighted by Crippen LogP contribution is -2.47. The molecule has 1 fully saturated rings. The number of thiocarbonyl (C=S) groups is 1. The molecule has 3 rings (SSSR count). The predicted octanol–water partition coefficient (Wildman–Crippen LogP) is 2.45. The lowest BCUT2D eigenvalue weighted by atomic mass is 10.2. The molecule has 7 nitrogen and oxygen atoms in total. The molecule has 30 heavy (non-hydrogen) atoms. The van der Waals surface area contributed by atoms with E-state index in [0.29, 0.717) is 4.91 Å². The van der Waals surface area contributed by atoms with Crippen molar-refractivity contribution < 1.29 is 18.0 Å². The van der Waals surface area contributed by atoms with E-state index >= 15 is 0 Å². The van der Waals surface area contributed by atoms with Gasteiger partial charge >= 0.3 is 0 Å². The first-order valence-electron chi connectivity index (χ1n) is 8.69. The van der Waals surface area contributed by atoms with E-state index in [4.69, 9.17) is 12.2 Å². The second-order valence-electron chi connectivity index (χ2n) is 6.03. The molecular weight excluding hydrogens is 442 g/mol. The molecule has 154 valence electrons. The van der Waals surface area contributed by atoms with E-state index in [2.05, 4.69) is 5.43 Å². The largest absolute Gasteiger partial charge is 0.283 e. The molecule has 0 unspecified atom stereocenters. The molecule has 2 N–H and O–H groups in total. The number of hydrogen-bond acceptors (Lipinski definition) is 6. The quantitative estimate of drug-likeness (QED) is 0.375. The van der Waals surface area contributed by atoms with Gasteiger partial charge in [0.2, 0.25) is 0 Å². The number of carbonyl (C=O) groups excluding carboxylic acids is 2. The van der Waals surface area contributed by atoms with Gasteiger partial charge in [0, 0.05) is 0 Å². The van der Waals surface area contributed by atoms with Crippen molar-refractivity contribution in [2.24, 2.45) is 0 Å². The number of thioether (sulfide) groups is 1. The zero-order chi connectivity index (χ0) is 21.6. The highest BCUT2D eigenvalue weighted by Crippen LogP contribution is 2.30. The van der Waals surface area contributed by atoms with Crippen molar-refractivity contribution in [3.8, 4) is 0 Å². The van der Waals surface area contributed by atoms with Crippen LogP contribution in [-0.2, 0) is 19.6 Å². The Hall–Kier alpha value is -2.79. The SMILES string of the molecule is O=C(CN1C(=O)C(=CC=Cc2ccccc2)SC1=S)NNS(=O)(=O)c1ccccc1. The number of hydrogen-bond donors (Lipinski definition) is 2. The summed E-state index contributed by atoms with van der Waals surface area (Å²) < 4.78 is 24.5. The number of rotatable bonds is 7. The van der Waals surface area contributed by atoms with Gasteiger partial charge in [-0.3, -0.25) is 19.9 Å². The number of nitrogens with one attached hydrogen (secondary N) is 2. The maximum atomic E-state index is 12.5. The third-order valence-electron chi connectivity index (χ3n) is 3.89. The van der Waals surface area contributed by atoms with Gasteiger partial charge in [-0.1, -0.05) is 84.7 Å². The third kappa shape index (κ3) is 5.63. The molecule has 2 amide bonds. The summed E-state index contributed by atoms with van der Waals surface area (Å²) >= 11 is 6.25. The van der Waals surface area contributed by atoms with Crippen LogP contribution in [-0.4, -0.2) is 36.0 Å². The maximum Gasteiger partial charge on any atom is 0.266 e. The van der Waals surface area contributed by atoms with Crippen molar-refractivity contribution in [3.05, 3.63) is 83.3 Å². The number of sulfonamides is 1. The molecule has 0 aliphatic carbocycles. The van der Waals surface area contributed by atoms with Crippen LogP contribution in [0.4, 0.5) is 0 Å². The average molecular weight is 460 g/mol. The number of benzene rings is 2. The minimum Gasteiger partial charge on any atom is -0.283 e. The van der Waals surface area contributed by atoms with Crippen LogP contribution in [0, 0.1) is 0 Å². The summed E-state index contributed by atoms with van der Waals surface area (Å²) in [6.45, 7) is -0.401. The summed E-state index contributed by atoms with van der Waals surface area (Å²) in [5.74, 6) is -1.13. The molecule has 2 aromatic carbocycles. The Bertz CT molecular complexity index is 1110. The monoisotopic (exact) mass is 459 g/mol. The molecule has 10 heteroatoms. The lowest BCUT2D eigenvalue weighted by molar-refractivity contribution is -0.129. The van der Waals surface area contributed by atoms with Gasteiger partial charge < -0.3 is 0 Å². The molecule has 0 radical (unpaired) electrons. The standard InChI is InChI=1S/C20H17N3O4S3/c24-18(21-22-30(26,27)16-11-5-2-6-12-16)14-23-19(25)17(29-20(23)28)13-7-10-15-8-3-1-4-9-15/h1-13,22H,14H2,(H,21,24). The van der Waals surface area contributed by atoms with Gasteiger partial charge in [-0.05, 0) is 23.8 Å². The van der Waals surface area contributed by atoms with Gasteiger partial charge in [0.1, 0.15) is 10.9 Å². The van der Waals surface area contributed by atoms with Gasteiger partial charge in [-0.15, -0.1) is 4.83 Å². The van der Waals surface area contributed by atoms with Crippen LogP contribution in [0.3, 0.4) is 0 Å². The summed E-state index contributed by atoms with van der Waals surface area (Å²) in [4.78, 5) is 28.2. The summed E-state index contributed by atoms with van der Waals surface area (Å²) in [6, 6.07) is 17.2. The molecule has 1 saturated heterocycles. The van der Waals surface area contributed by atoms with Crippen molar-refractivity contribution in [3.63, 3.8) is 0 Å². The second-order valence-corrected chi connectivity index (χ2v) is 9.38. The molecule has 0 saturated carbocycles. The van der Waals surface area contributed by atoms with E-state index in [0.717, 1.165) is 22.2 Å². The normalized spacial score (nSPS) is 15.9. The Kier molecular flexibility index (Phi) is 7.16. The van der Waals surface area contributed by atoms with E-state index in [1.807, 2.05) is 41.2 Å². The van der Waals surface area contributed by atoms with Gasteiger partial charge in [0.25, 0.3) is 21.8 Å². The highest BCUT2D eigenvalue weighted by molar-refractivity contribution is 8.26. The van der Waals surface area contributed by atoms with Crippen molar-refractivity contribution >= 4 is 56.2 Å². The summed E-state index contributed by atoms with van der Waals surface area (Å²) in [7, 11) is -3.91. The molecule has 0 atom stereocenters. The van der Waals surface area contributed by atoms with Crippen molar-refractivity contribution in [2.75, 3.05) is 6.54 Å². The molecule has 1 heterocycles. The number of allylic oxidation sites excluding steroid dienone is 2. The first-order valence-corrected chi connectivity index (χ1v) is 11.4. The van der Waals surface area contributed by atoms with Crippen LogP contribution in [0.15, 0.2) is 82.6 Å². The van der Waals surface area contributed by atoms with E-state index in [1.165, 1.54) is 12.1 Å². The van der Waals surface area contributed by atoms with Crippen LogP contribution in [0.2, 0.25) is 0 Å². The Morgan fingerprint density at radius 2 is 1.70 bits per heavy atom. The van der Waals surface area contributed by atoms with Crippen LogP contribution in [0.1, 0.15) is 5.56 Å². The summed E-state index contributed by atoms with van der Waals surface area (Å²) in [5, 5.41) is 0. The summed E-state index contributed by atoms with van der Waals surface area (Å²) in [5.41, 5.74) is 3.08. The Balaban J connectivity index is 1.58. The van der Waals surface area contributed by atoms with E-state index in [-0.39, 0.29) is 9.22 Å². The zero-order valence-electron chi connectivity index (χ0n) is 15.5. The zero-order valence-corrected chi connectivity index (χ0v) is 18.0. The first-order chi connectivity index (χ1) is 14.4. The Labute approximate surface area is 183 Å². The van der Waals surface area contributed by atoms with Crippen LogP contribution < -0.4 is 10.3 Å². The predicted molar refractivity (Wildman–Crippen MR) is 120 cm³/mol. The lowest BCUT2D eigenvalue weighted by Gasteiger charge is -2.14. The van der Waals surface area contributed by atoms with E-state index < -0.39 is 28.4 Å². The fraction of sp³-hybridized carbons (Fsp3) is 0.0500. The highest BCUT2D eigenvalue weighted by atomic mass is 32.2. The topological polar surface area (TPSA) is 95.6 Å². The fourth-order valence-corrected chi connectivity index (χ4v) is 4.52. The minimum absolute atomic E-state index is 0.00375. The van der Waals surface area contributed by atoms with Gasteiger partial charge in [-0.2, -0.15) is 0 Å². The smallest absolute Gasteiger partial charge is 0.266 e.